The van der Waals surface area contributed by atoms with E-state index in [0.29, 0.717) is 0 Å². The highest BCUT2D eigenvalue weighted by atomic mass is 32.2. The van der Waals surface area contributed by atoms with Crippen LogP contribution in [0.25, 0.3) is 0 Å². The first-order valence-electron chi connectivity index (χ1n) is 4.09. The molecular formula is C8H14N4S. The Morgan fingerprint density at radius 1 is 1.38 bits per heavy atom. The maximum atomic E-state index is 4.27. The molecule has 0 spiro atoms. The van der Waals surface area contributed by atoms with Gasteiger partial charge in [-0.15, -0.1) is 0 Å². The molecule has 4 nitrogen and oxygen atoms in total. The second kappa shape index (κ2) is 5.64. The molecule has 0 radical (unpaired) electrons. The van der Waals surface area contributed by atoms with Crippen molar-refractivity contribution in [2.75, 3.05) is 36.2 Å². The van der Waals surface area contributed by atoms with Crippen molar-refractivity contribution in [3.63, 3.8) is 0 Å². The van der Waals surface area contributed by atoms with Gasteiger partial charge in [0.15, 0.2) is 0 Å². The molecule has 1 aromatic rings. The van der Waals surface area contributed by atoms with Crippen LogP contribution >= 0.6 is 11.8 Å². The smallest absolute Gasteiger partial charge is 0.146 e. The molecule has 2 N–H and O–H groups in total. The third kappa shape index (κ3) is 3.50. The first-order chi connectivity index (χ1) is 6.36. The van der Waals surface area contributed by atoms with Crippen LogP contribution in [0.2, 0.25) is 0 Å². The van der Waals surface area contributed by atoms with Crippen LogP contribution < -0.4 is 10.6 Å². The first kappa shape index (κ1) is 10.1. The fourth-order valence-electron chi connectivity index (χ4n) is 0.853. The predicted octanol–water partition coefficient (Wildman–Crippen LogP) is 1.29. The zero-order valence-electron chi connectivity index (χ0n) is 7.87. The van der Waals surface area contributed by atoms with Crippen LogP contribution in [0.1, 0.15) is 0 Å². The Kier molecular flexibility index (Phi) is 4.39. The molecule has 1 heterocycles. The number of anilines is 2. The number of aromatic nitrogens is 2. The molecule has 0 amide bonds. The molecule has 0 fully saturated rings. The summed E-state index contributed by atoms with van der Waals surface area (Å²) in [6, 6.07) is 0. The van der Waals surface area contributed by atoms with Crippen molar-refractivity contribution in [2.45, 2.75) is 0 Å². The number of thioether (sulfide) groups is 1. The number of rotatable bonds is 5. The average molecular weight is 198 g/mol. The van der Waals surface area contributed by atoms with Gasteiger partial charge in [0.1, 0.15) is 11.6 Å². The lowest BCUT2D eigenvalue weighted by Crippen LogP contribution is -2.06. The molecule has 5 heteroatoms. The summed E-state index contributed by atoms with van der Waals surface area (Å²) >= 11 is 1.80. The van der Waals surface area contributed by atoms with E-state index < -0.39 is 0 Å². The second-order valence-electron chi connectivity index (χ2n) is 2.46. The van der Waals surface area contributed by atoms with E-state index >= 15 is 0 Å². The van der Waals surface area contributed by atoms with Gasteiger partial charge >= 0.3 is 0 Å². The highest BCUT2D eigenvalue weighted by Gasteiger charge is 1.94. The van der Waals surface area contributed by atoms with Gasteiger partial charge in [-0.25, -0.2) is 4.98 Å². The summed E-state index contributed by atoms with van der Waals surface area (Å²) in [6.45, 7) is 0.920. The Balaban J connectivity index is 2.46. The van der Waals surface area contributed by atoms with Crippen LogP contribution in [0.3, 0.4) is 0 Å². The summed E-state index contributed by atoms with van der Waals surface area (Å²) in [5.74, 6) is 2.68. The largest absolute Gasteiger partial charge is 0.372 e. The average Bonchev–Trinajstić information content (AvgIpc) is 2.19. The van der Waals surface area contributed by atoms with Crippen molar-refractivity contribution >= 4 is 23.4 Å². The summed E-state index contributed by atoms with van der Waals surface area (Å²) in [6.07, 6.45) is 5.50. The summed E-state index contributed by atoms with van der Waals surface area (Å²) in [5, 5.41) is 6.12. The third-order valence-electron chi connectivity index (χ3n) is 1.50. The molecule has 0 aliphatic rings. The fourth-order valence-corrected chi connectivity index (χ4v) is 1.16. The Morgan fingerprint density at radius 2 is 2.15 bits per heavy atom. The van der Waals surface area contributed by atoms with E-state index in [9.17, 15) is 0 Å². The molecule has 13 heavy (non-hydrogen) atoms. The first-order valence-corrected chi connectivity index (χ1v) is 5.49. The van der Waals surface area contributed by atoms with Gasteiger partial charge in [-0.05, 0) is 6.26 Å². The zero-order chi connectivity index (χ0) is 9.52. The lowest BCUT2D eigenvalue weighted by molar-refractivity contribution is 1.12. The molecule has 0 saturated carbocycles. The van der Waals surface area contributed by atoms with Crippen LogP contribution in [-0.4, -0.2) is 35.6 Å². The summed E-state index contributed by atoms with van der Waals surface area (Å²) in [4.78, 5) is 8.31. The molecule has 1 aromatic heterocycles. The second-order valence-corrected chi connectivity index (χ2v) is 3.44. The molecule has 0 saturated heterocycles. The molecule has 1 rings (SSSR count). The van der Waals surface area contributed by atoms with Gasteiger partial charge in [0.05, 0.1) is 12.4 Å². The van der Waals surface area contributed by atoms with Gasteiger partial charge in [-0.1, -0.05) is 0 Å². The fraction of sp³-hybridized carbons (Fsp3) is 0.500. The zero-order valence-corrected chi connectivity index (χ0v) is 8.69. The van der Waals surface area contributed by atoms with E-state index in [2.05, 4.69) is 26.9 Å². The highest BCUT2D eigenvalue weighted by Crippen LogP contribution is 2.05. The predicted molar refractivity (Wildman–Crippen MR) is 58.5 cm³/mol. The maximum absolute atomic E-state index is 4.27. The van der Waals surface area contributed by atoms with Gasteiger partial charge < -0.3 is 10.6 Å². The van der Waals surface area contributed by atoms with E-state index in [-0.39, 0.29) is 0 Å². The van der Waals surface area contributed by atoms with Crippen molar-refractivity contribution in [3.05, 3.63) is 12.4 Å². The van der Waals surface area contributed by atoms with Crippen LogP contribution in [0.4, 0.5) is 11.6 Å². The van der Waals surface area contributed by atoms with E-state index in [1.165, 1.54) is 0 Å². The van der Waals surface area contributed by atoms with Crippen molar-refractivity contribution in [1.82, 2.24) is 9.97 Å². The number of hydrogen-bond donors (Lipinski definition) is 2. The SMILES string of the molecule is CNc1cncc(NCCSC)n1. The third-order valence-corrected chi connectivity index (χ3v) is 2.12. The van der Waals surface area contributed by atoms with E-state index in [1.807, 2.05) is 7.05 Å². The molecule has 72 valence electrons. The van der Waals surface area contributed by atoms with Crippen LogP contribution in [0.5, 0.6) is 0 Å². The Bertz CT molecular complexity index is 254. The molecule has 0 bridgehead atoms. The number of nitrogens with zero attached hydrogens (tertiary/aromatic N) is 2. The molecule has 0 atom stereocenters. The Labute approximate surface area is 82.6 Å². The van der Waals surface area contributed by atoms with E-state index in [0.717, 1.165) is 23.9 Å². The van der Waals surface area contributed by atoms with Crippen molar-refractivity contribution in [2.24, 2.45) is 0 Å². The van der Waals surface area contributed by atoms with E-state index in [4.69, 9.17) is 0 Å². The van der Waals surface area contributed by atoms with Gasteiger partial charge in [0, 0.05) is 19.3 Å². The summed E-state index contributed by atoms with van der Waals surface area (Å²) in [7, 11) is 1.83. The van der Waals surface area contributed by atoms with Crippen molar-refractivity contribution in [3.8, 4) is 0 Å². The van der Waals surface area contributed by atoms with Gasteiger partial charge in [0.25, 0.3) is 0 Å². The van der Waals surface area contributed by atoms with Crippen molar-refractivity contribution < 1.29 is 0 Å². The lowest BCUT2D eigenvalue weighted by Gasteiger charge is -2.04. The monoisotopic (exact) mass is 198 g/mol. The quantitative estimate of drug-likeness (QED) is 0.698. The lowest BCUT2D eigenvalue weighted by atomic mass is 10.6. The molecule has 0 aliphatic heterocycles. The van der Waals surface area contributed by atoms with Gasteiger partial charge in [-0.2, -0.15) is 11.8 Å². The topological polar surface area (TPSA) is 49.8 Å². The Hall–Kier alpha value is -0.970. The number of hydrogen-bond acceptors (Lipinski definition) is 5. The molecule has 0 unspecified atom stereocenters. The molecule has 0 aromatic carbocycles. The molecular weight excluding hydrogens is 184 g/mol. The minimum atomic E-state index is 0.786. The van der Waals surface area contributed by atoms with Crippen molar-refractivity contribution in [1.29, 1.82) is 0 Å². The van der Waals surface area contributed by atoms with E-state index in [1.54, 1.807) is 24.2 Å². The standard InChI is InChI=1S/C8H14N4S/c1-9-7-5-10-6-8(12-7)11-3-4-13-2/h5-6H,3-4H2,1-2H3,(H2,9,11,12). The summed E-state index contributed by atoms with van der Waals surface area (Å²) < 4.78 is 0. The minimum absolute atomic E-state index is 0.786. The summed E-state index contributed by atoms with van der Waals surface area (Å²) in [5.41, 5.74) is 0. The number of nitrogens with one attached hydrogen (secondary N) is 2. The van der Waals surface area contributed by atoms with Crippen LogP contribution in [0, 0.1) is 0 Å². The maximum Gasteiger partial charge on any atom is 0.146 e. The Morgan fingerprint density at radius 3 is 2.85 bits per heavy atom. The highest BCUT2D eigenvalue weighted by molar-refractivity contribution is 7.98. The molecule has 0 aliphatic carbocycles. The van der Waals surface area contributed by atoms with Crippen LogP contribution in [-0.2, 0) is 0 Å². The van der Waals surface area contributed by atoms with Crippen LogP contribution in [0.15, 0.2) is 12.4 Å². The van der Waals surface area contributed by atoms with Gasteiger partial charge in [-0.3, -0.25) is 4.98 Å². The van der Waals surface area contributed by atoms with Gasteiger partial charge in [0.2, 0.25) is 0 Å². The minimum Gasteiger partial charge on any atom is -0.372 e. The normalized spacial score (nSPS) is 9.69.